The Balaban J connectivity index is 1.95. The first-order chi connectivity index (χ1) is 6.84. The van der Waals surface area contributed by atoms with Crippen molar-refractivity contribution in [2.75, 3.05) is 0 Å². The van der Waals surface area contributed by atoms with E-state index >= 15 is 0 Å². The molecule has 1 nitrogen and oxygen atoms in total. The fourth-order valence-electron chi connectivity index (χ4n) is 1.28. The number of halogens is 1. The highest BCUT2D eigenvalue weighted by molar-refractivity contribution is 7.09. The summed E-state index contributed by atoms with van der Waals surface area (Å²) in [7, 11) is 0. The molecule has 2 aromatic rings. The molecule has 0 amide bonds. The first kappa shape index (κ1) is 9.69. The number of nitrogens with zero attached hydrogens (tertiary/aromatic N) is 1. The van der Waals surface area contributed by atoms with E-state index in [0.717, 1.165) is 17.9 Å². The third kappa shape index (κ3) is 2.56. The molecule has 1 aromatic heterocycles. The van der Waals surface area contributed by atoms with Crippen LogP contribution in [0.5, 0.6) is 0 Å². The third-order valence-corrected chi connectivity index (χ3v) is 3.12. The van der Waals surface area contributed by atoms with Gasteiger partial charge in [0.25, 0.3) is 0 Å². The molecule has 0 spiro atoms. The molecule has 0 aliphatic rings. The zero-order valence-corrected chi connectivity index (χ0v) is 9.18. The molecule has 0 bridgehead atoms. The Morgan fingerprint density at radius 2 is 1.93 bits per heavy atom. The Hall–Kier alpha value is -0.860. The van der Waals surface area contributed by atoms with Crippen LogP contribution < -0.4 is 0 Å². The lowest BCUT2D eigenvalue weighted by atomic mass is 10.1. The summed E-state index contributed by atoms with van der Waals surface area (Å²) in [5, 5.41) is 4.00. The molecule has 0 unspecified atom stereocenters. The van der Waals surface area contributed by atoms with Crippen molar-refractivity contribution in [1.29, 1.82) is 0 Å². The summed E-state index contributed by atoms with van der Waals surface area (Å²) in [5.41, 5.74) is 1.31. The van der Waals surface area contributed by atoms with Crippen LogP contribution in [-0.4, -0.2) is 4.98 Å². The lowest BCUT2D eigenvalue weighted by molar-refractivity contribution is 0.944. The predicted octanol–water partition coefficient (Wildman–Crippen LogP) is 3.58. The van der Waals surface area contributed by atoms with Crippen LogP contribution in [-0.2, 0) is 12.8 Å². The van der Waals surface area contributed by atoms with E-state index in [9.17, 15) is 0 Å². The van der Waals surface area contributed by atoms with Crippen molar-refractivity contribution in [1.82, 2.24) is 4.98 Å². The summed E-state index contributed by atoms with van der Waals surface area (Å²) in [6.07, 6.45) is 3.89. The van der Waals surface area contributed by atoms with Crippen molar-refractivity contribution in [2.24, 2.45) is 0 Å². The van der Waals surface area contributed by atoms with Crippen LogP contribution in [0.4, 0.5) is 0 Å². The molecule has 0 saturated carbocycles. The molecular weight excluding hydrogens is 214 g/mol. The van der Waals surface area contributed by atoms with Crippen molar-refractivity contribution in [3.63, 3.8) is 0 Å². The van der Waals surface area contributed by atoms with E-state index in [4.69, 9.17) is 11.6 Å². The molecule has 0 fully saturated rings. The van der Waals surface area contributed by atoms with E-state index in [1.807, 2.05) is 23.7 Å². The first-order valence-corrected chi connectivity index (χ1v) is 5.73. The van der Waals surface area contributed by atoms with Gasteiger partial charge in [-0.15, -0.1) is 11.3 Å². The largest absolute Gasteiger partial charge is 0.250 e. The number of hydrogen-bond acceptors (Lipinski definition) is 2. The Labute approximate surface area is 92.4 Å². The molecular formula is C11H10ClNS. The minimum absolute atomic E-state index is 0.794. The Morgan fingerprint density at radius 3 is 2.57 bits per heavy atom. The first-order valence-electron chi connectivity index (χ1n) is 4.47. The molecule has 0 aliphatic heterocycles. The zero-order chi connectivity index (χ0) is 9.80. The quantitative estimate of drug-likeness (QED) is 0.775. The third-order valence-electron chi connectivity index (χ3n) is 2.02. The number of rotatable bonds is 3. The van der Waals surface area contributed by atoms with Gasteiger partial charge in [0.15, 0.2) is 0 Å². The van der Waals surface area contributed by atoms with E-state index in [1.165, 1.54) is 10.6 Å². The van der Waals surface area contributed by atoms with Crippen molar-refractivity contribution >= 4 is 22.9 Å². The minimum Gasteiger partial charge on any atom is -0.250 e. The van der Waals surface area contributed by atoms with Gasteiger partial charge in [-0.25, -0.2) is 4.98 Å². The summed E-state index contributed by atoms with van der Waals surface area (Å²) in [6.45, 7) is 0. The standard InChI is InChI=1S/C11H10ClNS/c12-10-4-1-9(2-5-10)3-6-11-13-7-8-14-11/h1-2,4-5,7-8H,3,6H2. The lowest BCUT2D eigenvalue weighted by Gasteiger charge is -1.98. The summed E-state index contributed by atoms with van der Waals surface area (Å²) in [4.78, 5) is 4.24. The fourth-order valence-corrected chi connectivity index (χ4v) is 2.03. The number of aromatic nitrogens is 1. The lowest BCUT2D eigenvalue weighted by Crippen LogP contribution is -1.89. The Morgan fingerprint density at radius 1 is 1.14 bits per heavy atom. The van der Waals surface area contributed by atoms with Gasteiger partial charge in [0.1, 0.15) is 0 Å². The van der Waals surface area contributed by atoms with Gasteiger partial charge in [-0.3, -0.25) is 0 Å². The second-order valence-corrected chi connectivity index (χ2v) is 4.47. The van der Waals surface area contributed by atoms with E-state index in [1.54, 1.807) is 11.3 Å². The highest BCUT2D eigenvalue weighted by Gasteiger charge is 1.97. The summed E-state index contributed by atoms with van der Waals surface area (Å²) < 4.78 is 0. The summed E-state index contributed by atoms with van der Waals surface area (Å²) in [5.74, 6) is 0. The molecule has 1 heterocycles. The highest BCUT2D eigenvalue weighted by atomic mass is 35.5. The van der Waals surface area contributed by atoms with Crippen LogP contribution in [0.2, 0.25) is 5.02 Å². The fraction of sp³-hybridized carbons (Fsp3) is 0.182. The Kier molecular flexibility index (Phi) is 3.17. The van der Waals surface area contributed by atoms with Crippen molar-refractivity contribution in [3.05, 3.63) is 51.4 Å². The van der Waals surface area contributed by atoms with Gasteiger partial charge >= 0.3 is 0 Å². The van der Waals surface area contributed by atoms with Crippen LogP contribution in [0.1, 0.15) is 10.6 Å². The van der Waals surface area contributed by atoms with Gasteiger partial charge < -0.3 is 0 Å². The molecule has 1 aromatic carbocycles. The normalized spacial score (nSPS) is 10.4. The maximum atomic E-state index is 5.80. The van der Waals surface area contributed by atoms with Gasteiger partial charge in [-0.1, -0.05) is 23.7 Å². The van der Waals surface area contributed by atoms with Gasteiger partial charge in [0.05, 0.1) is 5.01 Å². The van der Waals surface area contributed by atoms with E-state index in [-0.39, 0.29) is 0 Å². The molecule has 0 aliphatic carbocycles. The summed E-state index contributed by atoms with van der Waals surface area (Å²) >= 11 is 7.51. The second-order valence-electron chi connectivity index (χ2n) is 3.05. The maximum Gasteiger partial charge on any atom is 0.0928 e. The van der Waals surface area contributed by atoms with Gasteiger partial charge in [-0.05, 0) is 24.1 Å². The van der Waals surface area contributed by atoms with Gasteiger partial charge in [0.2, 0.25) is 0 Å². The van der Waals surface area contributed by atoms with Crippen LogP contribution in [0.25, 0.3) is 0 Å². The van der Waals surface area contributed by atoms with E-state index in [2.05, 4.69) is 17.1 Å². The number of aryl methyl sites for hydroxylation is 2. The zero-order valence-electron chi connectivity index (χ0n) is 7.61. The summed E-state index contributed by atoms with van der Waals surface area (Å²) in [6, 6.07) is 7.99. The van der Waals surface area contributed by atoms with Crippen LogP contribution in [0.15, 0.2) is 35.8 Å². The van der Waals surface area contributed by atoms with E-state index in [0.29, 0.717) is 0 Å². The number of hydrogen-bond donors (Lipinski definition) is 0. The molecule has 3 heteroatoms. The molecule has 2 rings (SSSR count). The monoisotopic (exact) mass is 223 g/mol. The van der Waals surface area contributed by atoms with Crippen molar-refractivity contribution in [2.45, 2.75) is 12.8 Å². The average molecular weight is 224 g/mol. The average Bonchev–Trinajstić information content (AvgIpc) is 2.70. The minimum atomic E-state index is 0.794. The number of benzene rings is 1. The van der Waals surface area contributed by atoms with Gasteiger partial charge in [0, 0.05) is 23.0 Å². The smallest absolute Gasteiger partial charge is 0.0928 e. The molecule has 72 valence electrons. The van der Waals surface area contributed by atoms with Crippen LogP contribution in [0.3, 0.4) is 0 Å². The molecule has 0 atom stereocenters. The molecule has 14 heavy (non-hydrogen) atoms. The predicted molar refractivity (Wildman–Crippen MR) is 61.0 cm³/mol. The highest BCUT2D eigenvalue weighted by Crippen LogP contribution is 2.13. The van der Waals surface area contributed by atoms with Crippen LogP contribution >= 0.6 is 22.9 Å². The second kappa shape index (κ2) is 4.58. The van der Waals surface area contributed by atoms with Gasteiger partial charge in [-0.2, -0.15) is 0 Å². The molecule has 0 N–H and O–H groups in total. The van der Waals surface area contributed by atoms with E-state index < -0.39 is 0 Å². The van der Waals surface area contributed by atoms with Crippen LogP contribution in [0, 0.1) is 0 Å². The topological polar surface area (TPSA) is 12.9 Å². The number of thiazole rings is 1. The Bertz CT molecular complexity index is 380. The SMILES string of the molecule is Clc1ccc(CCc2nccs2)cc1. The van der Waals surface area contributed by atoms with Crippen molar-refractivity contribution < 1.29 is 0 Å². The molecule has 0 radical (unpaired) electrons. The molecule has 0 saturated heterocycles. The maximum absolute atomic E-state index is 5.80. The van der Waals surface area contributed by atoms with Crippen molar-refractivity contribution in [3.8, 4) is 0 Å².